The van der Waals surface area contributed by atoms with Gasteiger partial charge in [-0.2, -0.15) is 4.31 Å². The van der Waals surface area contributed by atoms with E-state index in [9.17, 15) is 18.3 Å². The summed E-state index contributed by atoms with van der Waals surface area (Å²) in [7, 11) is -2.22. The number of carbonyl (C=O) groups is 1. The fraction of sp³-hybridized carbons (Fsp3) is 0.417. The van der Waals surface area contributed by atoms with Crippen LogP contribution in [-0.2, 0) is 14.8 Å². The van der Waals surface area contributed by atoms with Gasteiger partial charge in [-0.3, -0.25) is 4.79 Å². The van der Waals surface area contributed by atoms with Crippen LogP contribution >= 0.6 is 0 Å². The van der Waals surface area contributed by atoms with Crippen molar-refractivity contribution in [3.05, 3.63) is 18.2 Å². The molecule has 20 heavy (non-hydrogen) atoms. The molecule has 1 amide bonds. The van der Waals surface area contributed by atoms with E-state index in [4.69, 9.17) is 4.74 Å². The molecule has 1 aliphatic rings. The maximum absolute atomic E-state index is 12.3. The Bertz CT molecular complexity index is 623. The van der Waals surface area contributed by atoms with E-state index < -0.39 is 16.1 Å². The monoisotopic (exact) mass is 300 g/mol. The van der Waals surface area contributed by atoms with E-state index in [1.54, 1.807) is 0 Å². The minimum atomic E-state index is -3.65. The summed E-state index contributed by atoms with van der Waals surface area (Å²) in [5.74, 6) is 0.0556. The van der Waals surface area contributed by atoms with E-state index in [0.717, 1.165) is 0 Å². The predicted molar refractivity (Wildman–Crippen MR) is 72.1 cm³/mol. The van der Waals surface area contributed by atoms with Crippen LogP contribution in [-0.4, -0.2) is 50.0 Å². The zero-order chi connectivity index (χ0) is 14.9. The van der Waals surface area contributed by atoms with Crippen molar-refractivity contribution in [2.45, 2.75) is 17.9 Å². The van der Waals surface area contributed by atoms with E-state index in [-0.39, 0.29) is 23.9 Å². The van der Waals surface area contributed by atoms with Crippen LogP contribution in [0.3, 0.4) is 0 Å². The van der Waals surface area contributed by atoms with E-state index in [1.807, 2.05) is 0 Å². The quantitative estimate of drug-likeness (QED) is 0.817. The molecule has 0 saturated carbocycles. The second kappa shape index (κ2) is 5.39. The summed E-state index contributed by atoms with van der Waals surface area (Å²) in [5, 5.41) is 11.7. The fourth-order valence-electron chi connectivity index (χ4n) is 1.90. The summed E-state index contributed by atoms with van der Waals surface area (Å²) in [5.41, 5.74) is 0.294. The minimum Gasteiger partial charge on any atom is -0.495 e. The first-order valence-electron chi connectivity index (χ1n) is 5.98. The number of hydrogen-bond donors (Lipinski definition) is 2. The fourth-order valence-corrected chi connectivity index (χ4v) is 3.44. The lowest BCUT2D eigenvalue weighted by atomic mass is 10.2. The molecule has 1 aromatic rings. The van der Waals surface area contributed by atoms with Gasteiger partial charge < -0.3 is 15.2 Å². The molecule has 8 heteroatoms. The van der Waals surface area contributed by atoms with Crippen molar-refractivity contribution in [2.75, 3.05) is 25.5 Å². The highest BCUT2D eigenvalue weighted by atomic mass is 32.2. The molecule has 0 atom stereocenters. The molecular formula is C12H16N2O5S. The highest BCUT2D eigenvalue weighted by Gasteiger charge is 2.35. The van der Waals surface area contributed by atoms with Crippen LogP contribution in [0, 0.1) is 0 Å². The average Bonchev–Trinajstić information content (AvgIpc) is 2.34. The van der Waals surface area contributed by atoms with Crippen molar-refractivity contribution in [1.29, 1.82) is 0 Å². The van der Waals surface area contributed by atoms with Gasteiger partial charge in [-0.1, -0.05) is 0 Å². The third kappa shape index (κ3) is 2.77. The molecule has 0 spiro atoms. The molecule has 1 saturated heterocycles. The van der Waals surface area contributed by atoms with Crippen molar-refractivity contribution >= 4 is 21.6 Å². The van der Waals surface area contributed by atoms with Crippen molar-refractivity contribution < 1.29 is 23.1 Å². The number of nitrogens with one attached hydrogen (secondary N) is 1. The molecule has 0 radical (unpaired) electrons. The SMILES string of the molecule is COc1ccc(S(=O)(=O)N2CC(O)C2)cc1NC(C)=O. The number of ether oxygens (including phenoxy) is 1. The average molecular weight is 300 g/mol. The van der Waals surface area contributed by atoms with Crippen LogP contribution in [0.4, 0.5) is 5.69 Å². The topological polar surface area (TPSA) is 95.9 Å². The molecule has 2 rings (SSSR count). The van der Waals surface area contributed by atoms with Crippen LogP contribution in [0.1, 0.15) is 6.92 Å². The second-order valence-corrected chi connectivity index (χ2v) is 6.46. The van der Waals surface area contributed by atoms with E-state index in [0.29, 0.717) is 11.4 Å². The summed E-state index contributed by atoms with van der Waals surface area (Å²) < 4.78 is 30.8. The third-order valence-electron chi connectivity index (χ3n) is 2.95. The molecule has 1 aliphatic heterocycles. The highest BCUT2D eigenvalue weighted by molar-refractivity contribution is 7.89. The molecule has 7 nitrogen and oxygen atoms in total. The summed E-state index contributed by atoms with van der Waals surface area (Å²) in [4.78, 5) is 11.2. The number of aliphatic hydroxyl groups is 1. The number of benzene rings is 1. The Labute approximate surface area is 117 Å². The lowest BCUT2D eigenvalue weighted by Crippen LogP contribution is -2.53. The van der Waals surface area contributed by atoms with Crippen molar-refractivity contribution in [1.82, 2.24) is 4.31 Å². The summed E-state index contributed by atoms with van der Waals surface area (Å²) in [6.45, 7) is 1.50. The second-order valence-electron chi connectivity index (χ2n) is 4.52. The summed E-state index contributed by atoms with van der Waals surface area (Å²) >= 11 is 0. The molecule has 0 aliphatic carbocycles. The van der Waals surface area contributed by atoms with Crippen molar-refractivity contribution in [3.63, 3.8) is 0 Å². The Kier molecular flexibility index (Phi) is 3.98. The van der Waals surface area contributed by atoms with Gasteiger partial charge in [-0.25, -0.2) is 8.42 Å². The standard InChI is InChI=1S/C12H16N2O5S/c1-8(15)13-11-5-10(3-4-12(11)19-2)20(17,18)14-6-9(16)7-14/h3-5,9,16H,6-7H2,1-2H3,(H,13,15). The molecule has 1 aromatic carbocycles. The first-order valence-corrected chi connectivity index (χ1v) is 7.42. The zero-order valence-electron chi connectivity index (χ0n) is 11.2. The highest BCUT2D eigenvalue weighted by Crippen LogP contribution is 2.30. The molecule has 0 bridgehead atoms. The zero-order valence-corrected chi connectivity index (χ0v) is 12.0. The maximum Gasteiger partial charge on any atom is 0.243 e. The molecule has 1 fully saturated rings. The first kappa shape index (κ1) is 14.8. The molecule has 1 heterocycles. The minimum absolute atomic E-state index is 0.0500. The first-order chi connectivity index (χ1) is 9.34. The number of sulfonamides is 1. The Morgan fingerprint density at radius 2 is 2.10 bits per heavy atom. The van der Waals surface area contributed by atoms with Crippen LogP contribution < -0.4 is 10.1 Å². The van der Waals surface area contributed by atoms with Crippen molar-refractivity contribution in [2.24, 2.45) is 0 Å². The van der Waals surface area contributed by atoms with Gasteiger partial charge in [0.2, 0.25) is 15.9 Å². The predicted octanol–water partition coefficient (Wildman–Crippen LogP) is 0.0188. The number of β-amino-alcohol motifs (C(OH)–C–C–N with tert-alkyl or cyclic N) is 1. The lowest BCUT2D eigenvalue weighted by molar-refractivity contribution is -0.114. The molecule has 2 N–H and O–H groups in total. The van der Waals surface area contributed by atoms with E-state index in [1.165, 1.54) is 36.5 Å². The third-order valence-corrected chi connectivity index (χ3v) is 4.78. The number of amides is 1. The number of hydrogen-bond acceptors (Lipinski definition) is 5. The smallest absolute Gasteiger partial charge is 0.243 e. The number of rotatable bonds is 4. The lowest BCUT2D eigenvalue weighted by Gasteiger charge is -2.34. The Morgan fingerprint density at radius 3 is 2.60 bits per heavy atom. The van der Waals surface area contributed by atoms with Gasteiger partial charge in [-0.05, 0) is 18.2 Å². The van der Waals surface area contributed by atoms with Gasteiger partial charge in [0.05, 0.1) is 23.8 Å². The van der Waals surface area contributed by atoms with Crippen molar-refractivity contribution in [3.8, 4) is 5.75 Å². The molecule has 110 valence electrons. The van der Waals surface area contributed by atoms with Crippen LogP contribution in [0.2, 0.25) is 0 Å². The van der Waals surface area contributed by atoms with Gasteiger partial charge in [0, 0.05) is 20.0 Å². The Balaban J connectivity index is 2.35. The molecule has 0 aromatic heterocycles. The normalized spacial score (nSPS) is 16.6. The summed E-state index contributed by atoms with van der Waals surface area (Å²) in [6, 6.07) is 4.23. The number of methoxy groups -OCH3 is 1. The molecular weight excluding hydrogens is 284 g/mol. The van der Waals surface area contributed by atoms with Gasteiger partial charge in [0.1, 0.15) is 5.75 Å². The summed E-state index contributed by atoms with van der Waals surface area (Å²) in [6.07, 6.45) is -0.613. The number of anilines is 1. The number of nitrogens with zero attached hydrogens (tertiary/aromatic N) is 1. The van der Waals surface area contributed by atoms with Crippen LogP contribution in [0.25, 0.3) is 0 Å². The Morgan fingerprint density at radius 1 is 1.45 bits per heavy atom. The van der Waals surface area contributed by atoms with Crippen LogP contribution in [0.5, 0.6) is 5.75 Å². The van der Waals surface area contributed by atoms with Gasteiger partial charge in [0.15, 0.2) is 0 Å². The maximum atomic E-state index is 12.3. The van der Waals surface area contributed by atoms with E-state index >= 15 is 0 Å². The van der Waals surface area contributed by atoms with Crippen LogP contribution in [0.15, 0.2) is 23.1 Å². The number of aliphatic hydroxyl groups excluding tert-OH is 1. The van der Waals surface area contributed by atoms with Gasteiger partial charge in [0.25, 0.3) is 0 Å². The molecule has 0 unspecified atom stereocenters. The Hall–Kier alpha value is -1.64. The van der Waals surface area contributed by atoms with Gasteiger partial charge >= 0.3 is 0 Å². The van der Waals surface area contributed by atoms with E-state index in [2.05, 4.69) is 5.32 Å². The number of carbonyl (C=O) groups excluding carboxylic acids is 1. The largest absolute Gasteiger partial charge is 0.495 e. The van der Waals surface area contributed by atoms with Gasteiger partial charge in [-0.15, -0.1) is 0 Å².